The fourth-order valence-electron chi connectivity index (χ4n) is 3.01. The van der Waals surface area contributed by atoms with Crippen molar-refractivity contribution < 1.29 is 4.74 Å². The minimum absolute atomic E-state index is 0.0480. The highest BCUT2D eigenvalue weighted by Gasteiger charge is 2.32. The Morgan fingerprint density at radius 3 is 2.96 bits per heavy atom. The molecule has 1 aliphatic heterocycles. The van der Waals surface area contributed by atoms with Crippen molar-refractivity contribution in [1.29, 1.82) is 0 Å². The maximum absolute atomic E-state index is 5.97. The Morgan fingerprint density at radius 2 is 2.13 bits per heavy atom. The van der Waals surface area contributed by atoms with Crippen LogP contribution in [0, 0.1) is 0 Å². The molecule has 4 rings (SSSR count). The van der Waals surface area contributed by atoms with Gasteiger partial charge < -0.3 is 14.6 Å². The summed E-state index contributed by atoms with van der Waals surface area (Å²) in [5.74, 6) is 0.941. The summed E-state index contributed by atoms with van der Waals surface area (Å²) < 4.78 is 8.07. The Hall–Kier alpha value is -2.44. The molecule has 0 saturated carbocycles. The van der Waals surface area contributed by atoms with Crippen molar-refractivity contribution in [3.8, 4) is 5.69 Å². The molecule has 6 heteroatoms. The fraction of sp³-hybridized carbons (Fsp3) is 0.294. The molecule has 0 radical (unpaired) electrons. The monoisotopic (exact) mass is 309 g/mol. The van der Waals surface area contributed by atoms with Crippen molar-refractivity contribution in [3.63, 3.8) is 0 Å². The number of hydrogen-bond acceptors (Lipinski definition) is 4. The lowest BCUT2D eigenvalue weighted by atomic mass is 10.1. The van der Waals surface area contributed by atoms with Gasteiger partial charge in [-0.15, -0.1) is 0 Å². The third-order valence-electron chi connectivity index (χ3n) is 4.16. The first-order chi connectivity index (χ1) is 11.4. The summed E-state index contributed by atoms with van der Waals surface area (Å²) in [5, 5.41) is 10.5. The number of aromatic amines is 1. The standard InChI is InChI=1S/C17H19N5O/c1-2-4-14(5-3-1)22-10-9-18-17(22)16-15(7-11-23-16)19-12-13-6-8-20-21-13/h1-6,8-10,15-16,19H,7,11-12H2,(H,20,21)/t15-,16-/m0/s1. The molecule has 3 aromatic rings. The number of hydrogen-bond donors (Lipinski definition) is 2. The largest absolute Gasteiger partial charge is 0.369 e. The third kappa shape index (κ3) is 2.91. The van der Waals surface area contributed by atoms with Gasteiger partial charge in [-0.3, -0.25) is 5.10 Å². The van der Waals surface area contributed by atoms with Gasteiger partial charge in [0.25, 0.3) is 0 Å². The molecule has 2 aromatic heterocycles. The maximum atomic E-state index is 5.97. The summed E-state index contributed by atoms with van der Waals surface area (Å²) in [5.41, 5.74) is 2.17. The van der Waals surface area contributed by atoms with Crippen LogP contribution in [0.5, 0.6) is 0 Å². The molecule has 0 spiro atoms. The van der Waals surface area contributed by atoms with Crippen molar-refractivity contribution >= 4 is 0 Å². The smallest absolute Gasteiger partial charge is 0.144 e. The lowest BCUT2D eigenvalue weighted by Gasteiger charge is -2.20. The van der Waals surface area contributed by atoms with Gasteiger partial charge in [-0.2, -0.15) is 5.10 Å². The number of aromatic nitrogens is 4. The average molecular weight is 309 g/mol. The number of benzene rings is 1. The number of H-pyrrole nitrogens is 1. The van der Waals surface area contributed by atoms with Crippen molar-refractivity contribution in [1.82, 2.24) is 25.1 Å². The molecule has 0 aliphatic carbocycles. The van der Waals surface area contributed by atoms with E-state index in [0.717, 1.165) is 36.8 Å². The normalized spacial score (nSPS) is 20.9. The van der Waals surface area contributed by atoms with Gasteiger partial charge in [0.05, 0.1) is 0 Å². The summed E-state index contributed by atoms with van der Waals surface area (Å²) in [4.78, 5) is 4.55. The van der Waals surface area contributed by atoms with Crippen molar-refractivity contribution in [2.75, 3.05) is 6.61 Å². The fourth-order valence-corrected chi connectivity index (χ4v) is 3.01. The van der Waals surface area contributed by atoms with Crippen LogP contribution in [0.1, 0.15) is 24.0 Å². The van der Waals surface area contributed by atoms with Gasteiger partial charge in [0.2, 0.25) is 0 Å². The first-order valence-electron chi connectivity index (χ1n) is 7.84. The van der Waals surface area contributed by atoms with Crippen molar-refractivity contribution in [2.45, 2.75) is 25.1 Å². The molecule has 0 bridgehead atoms. The van der Waals surface area contributed by atoms with E-state index < -0.39 is 0 Å². The van der Waals surface area contributed by atoms with Gasteiger partial charge in [-0.25, -0.2) is 4.98 Å². The molecule has 1 saturated heterocycles. The van der Waals surface area contributed by atoms with Crippen LogP contribution in [0.25, 0.3) is 5.69 Å². The number of imidazole rings is 1. The maximum Gasteiger partial charge on any atom is 0.144 e. The second-order valence-electron chi connectivity index (χ2n) is 5.64. The summed E-state index contributed by atoms with van der Waals surface area (Å²) in [6, 6.07) is 12.4. The molecule has 0 unspecified atom stereocenters. The van der Waals surface area contributed by atoms with Gasteiger partial charge in [0, 0.05) is 49.2 Å². The van der Waals surface area contributed by atoms with Crippen LogP contribution >= 0.6 is 0 Å². The molecular formula is C17H19N5O. The molecule has 1 fully saturated rings. The molecule has 0 amide bonds. The first kappa shape index (κ1) is 14.2. The van der Waals surface area contributed by atoms with Crippen LogP contribution in [0.4, 0.5) is 0 Å². The first-order valence-corrected chi connectivity index (χ1v) is 7.84. The molecular weight excluding hydrogens is 290 g/mol. The quantitative estimate of drug-likeness (QED) is 0.758. The summed E-state index contributed by atoms with van der Waals surface area (Å²) in [6.45, 7) is 1.49. The minimum Gasteiger partial charge on any atom is -0.369 e. The number of ether oxygens (including phenoxy) is 1. The molecule has 118 valence electrons. The highest BCUT2D eigenvalue weighted by molar-refractivity contribution is 5.33. The second kappa shape index (κ2) is 6.36. The second-order valence-corrected chi connectivity index (χ2v) is 5.64. The number of nitrogens with one attached hydrogen (secondary N) is 2. The topological polar surface area (TPSA) is 67.8 Å². The summed E-state index contributed by atoms with van der Waals surface area (Å²) in [6.07, 6.45) is 6.50. The number of para-hydroxylation sites is 1. The summed E-state index contributed by atoms with van der Waals surface area (Å²) in [7, 11) is 0. The van der Waals surface area contributed by atoms with Crippen LogP contribution in [0.2, 0.25) is 0 Å². The van der Waals surface area contributed by atoms with Crippen molar-refractivity contribution in [3.05, 3.63) is 66.5 Å². The van der Waals surface area contributed by atoms with E-state index >= 15 is 0 Å². The molecule has 2 atom stereocenters. The minimum atomic E-state index is -0.0480. The molecule has 2 N–H and O–H groups in total. The van der Waals surface area contributed by atoms with E-state index in [1.54, 1.807) is 6.20 Å². The van der Waals surface area contributed by atoms with Crippen molar-refractivity contribution in [2.24, 2.45) is 0 Å². The van der Waals surface area contributed by atoms with Crippen LogP contribution < -0.4 is 5.32 Å². The van der Waals surface area contributed by atoms with E-state index in [4.69, 9.17) is 4.74 Å². The third-order valence-corrected chi connectivity index (χ3v) is 4.16. The molecule has 3 heterocycles. The van der Waals surface area contributed by atoms with Crippen LogP contribution in [-0.4, -0.2) is 32.4 Å². The zero-order valence-electron chi connectivity index (χ0n) is 12.7. The SMILES string of the molecule is c1ccc(-n2ccnc2[C@H]2OCC[C@@H]2NCc2ccn[nH]2)cc1. The predicted molar refractivity (Wildman–Crippen MR) is 86.1 cm³/mol. The molecule has 6 nitrogen and oxygen atoms in total. The lowest BCUT2D eigenvalue weighted by Crippen LogP contribution is -2.32. The highest BCUT2D eigenvalue weighted by atomic mass is 16.5. The van der Waals surface area contributed by atoms with Gasteiger partial charge in [-0.05, 0) is 24.6 Å². The molecule has 23 heavy (non-hydrogen) atoms. The van der Waals surface area contributed by atoms with E-state index in [0.29, 0.717) is 0 Å². The van der Waals surface area contributed by atoms with Crippen LogP contribution in [0.15, 0.2) is 55.0 Å². The number of rotatable bonds is 5. The number of nitrogens with zero attached hydrogens (tertiary/aromatic N) is 3. The molecule has 1 aliphatic rings. The average Bonchev–Trinajstić information content (AvgIpc) is 3.33. The Kier molecular flexibility index (Phi) is 3.92. The van der Waals surface area contributed by atoms with E-state index in [9.17, 15) is 0 Å². The van der Waals surface area contributed by atoms with Crippen LogP contribution in [0.3, 0.4) is 0 Å². The Balaban J connectivity index is 1.54. The van der Waals surface area contributed by atoms with Gasteiger partial charge in [0.15, 0.2) is 0 Å². The Labute approximate surface area is 134 Å². The zero-order chi connectivity index (χ0) is 15.5. The lowest BCUT2D eigenvalue weighted by molar-refractivity contribution is 0.0903. The van der Waals surface area contributed by atoms with Crippen LogP contribution in [-0.2, 0) is 11.3 Å². The van der Waals surface area contributed by atoms with Gasteiger partial charge in [-0.1, -0.05) is 18.2 Å². The van der Waals surface area contributed by atoms with E-state index in [2.05, 4.69) is 37.2 Å². The van der Waals surface area contributed by atoms with E-state index in [1.165, 1.54) is 0 Å². The van der Waals surface area contributed by atoms with Gasteiger partial charge >= 0.3 is 0 Å². The molecule has 1 aromatic carbocycles. The van der Waals surface area contributed by atoms with Gasteiger partial charge in [0.1, 0.15) is 11.9 Å². The highest BCUT2D eigenvalue weighted by Crippen LogP contribution is 2.29. The zero-order valence-corrected chi connectivity index (χ0v) is 12.7. The Bertz CT molecular complexity index is 737. The van der Waals surface area contributed by atoms with E-state index in [-0.39, 0.29) is 12.1 Å². The predicted octanol–water partition coefficient (Wildman–Crippen LogP) is 2.22. The summed E-state index contributed by atoms with van der Waals surface area (Å²) >= 11 is 0. The Morgan fingerprint density at radius 1 is 1.22 bits per heavy atom. The van der Waals surface area contributed by atoms with E-state index in [1.807, 2.05) is 36.7 Å².